The van der Waals surface area contributed by atoms with E-state index in [1.807, 2.05) is 0 Å². The first-order valence-corrected chi connectivity index (χ1v) is 7.87. The maximum absolute atomic E-state index is 12.3. The van der Waals surface area contributed by atoms with Crippen LogP contribution in [-0.2, 0) is 4.79 Å². The number of benzene rings is 2. The van der Waals surface area contributed by atoms with Crippen LogP contribution in [0.15, 0.2) is 46.4 Å². The van der Waals surface area contributed by atoms with Crippen molar-refractivity contribution < 1.29 is 19.6 Å². The van der Waals surface area contributed by atoms with Gasteiger partial charge in [-0.15, -0.1) is 0 Å². The molecule has 0 aliphatic heterocycles. The molecular formula is C17H11BrN3O5-. The van der Waals surface area contributed by atoms with Crippen LogP contribution in [0.5, 0.6) is 11.5 Å². The van der Waals surface area contributed by atoms with Gasteiger partial charge < -0.3 is 15.2 Å². The van der Waals surface area contributed by atoms with Crippen molar-refractivity contribution in [3.63, 3.8) is 0 Å². The minimum atomic E-state index is -0.883. The van der Waals surface area contributed by atoms with Crippen LogP contribution in [-0.4, -0.2) is 17.9 Å². The number of nitrogens with zero attached hydrogens (tertiary/aromatic N) is 2. The number of methoxy groups -OCH3 is 1. The zero-order valence-electron chi connectivity index (χ0n) is 13.4. The van der Waals surface area contributed by atoms with Crippen LogP contribution in [0, 0.1) is 21.4 Å². The van der Waals surface area contributed by atoms with Gasteiger partial charge in [-0.2, -0.15) is 5.26 Å². The molecule has 0 unspecified atom stereocenters. The molecule has 8 nitrogen and oxygen atoms in total. The van der Waals surface area contributed by atoms with Crippen molar-refractivity contribution >= 4 is 39.3 Å². The molecule has 0 aliphatic rings. The van der Waals surface area contributed by atoms with Crippen LogP contribution in [0.25, 0.3) is 6.08 Å². The highest BCUT2D eigenvalue weighted by atomic mass is 79.9. The fraction of sp³-hybridized carbons (Fsp3) is 0.0588. The molecule has 0 radical (unpaired) electrons. The van der Waals surface area contributed by atoms with Crippen LogP contribution in [0.2, 0.25) is 0 Å². The van der Waals surface area contributed by atoms with E-state index in [2.05, 4.69) is 21.2 Å². The van der Waals surface area contributed by atoms with Crippen LogP contribution in [0.1, 0.15) is 5.56 Å². The van der Waals surface area contributed by atoms with E-state index in [0.29, 0.717) is 5.69 Å². The maximum Gasteiger partial charge on any atom is 0.266 e. The standard InChI is InChI=1S/C17H12BrN3O5/c1-26-15-7-10(6-14(16(15)22)21(24)25)5-11(9-19)17(23)20-13-4-2-3-12(18)8-13/h2-8,22H,1H3,(H,20,23)/p-1/b11-5+. The largest absolute Gasteiger partial charge is 0.865 e. The Labute approximate surface area is 156 Å². The SMILES string of the molecule is COc1cc(/C=C(\C#N)C(=O)Nc2cccc(Br)c2)cc([N+](=O)[O-])c1[O-]. The maximum atomic E-state index is 12.3. The smallest absolute Gasteiger partial charge is 0.266 e. The number of hydrogen-bond acceptors (Lipinski definition) is 6. The Balaban J connectivity index is 2.39. The second kappa shape index (κ2) is 8.13. The van der Waals surface area contributed by atoms with E-state index in [9.17, 15) is 25.3 Å². The molecule has 2 aromatic rings. The normalized spacial score (nSPS) is 10.7. The molecule has 0 saturated heterocycles. The van der Waals surface area contributed by atoms with Gasteiger partial charge in [0.25, 0.3) is 11.6 Å². The number of carbonyl (C=O) groups is 1. The molecule has 1 amide bonds. The van der Waals surface area contributed by atoms with Crippen LogP contribution in [0.3, 0.4) is 0 Å². The van der Waals surface area contributed by atoms with Crippen molar-refractivity contribution in [1.82, 2.24) is 0 Å². The number of nitrogens with one attached hydrogen (secondary N) is 1. The Kier molecular flexibility index (Phi) is 5.93. The first-order valence-electron chi connectivity index (χ1n) is 7.08. The van der Waals surface area contributed by atoms with E-state index in [-0.39, 0.29) is 16.9 Å². The van der Waals surface area contributed by atoms with Crippen molar-refractivity contribution in [3.8, 4) is 17.6 Å². The molecule has 2 rings (SSSR count). The number of nitro benzene ring substituents is 1. The van der Waals surface area contributed by atoms with E-state index in [0.717, 1.165) is 16.6 Å². The quantitative estimate of drug-likeness (QED) is 0.345. The fourth-order valence-corrected chi connectivity index (χ4v) is 2.46. The van der Waals surface area contributed by atoms with Gasteiger partial charge in [0.2, 0.25) is 0 Å². The first kappa shape index (κ1) is 19.0. The van der Waals surface area contributed by atoms with Gasteiger partial charge in [-0.05, 0) is 35.9 Å². The van der Waals surface area contributed by atoms with Gasteiger partial charge in [-0.25, -0.2) is 0 Å². The Morgan fingerprint density at radius 3 is 2.69 bits per heavy atom. The average Bonchev–Trinajstić information content (AvgIpc) is 2.60. The van der Waals surface area contributed by atoms with E-state index in [1.54, 1.807) is 30.3 Å². The van der Waals surface area contributed by atoms with E-state index in [1.165, 1.54) is 13.2 Å². The number of ether oxygens (including phenoxy) is 1. The van der Waals surface area contributed by atoms with Gasteiger partial charge in [0, 0.05) is 22.0 Å². The summed E-state index contributed by atoms with van der Waals surface area (Å²) in [5.74, 6) is -1.83. The number of hydrogen-bond donors (Lipinski definition) is 1. The highest BCUT2D eigenvalue weighted by molar-refractivity contribution is 9.10. The third kappa shape index (κ3) is 4.37. The van der Waals surface area contributed by atoms with Crippen molar-refractivity contribution in [2.45, 2.75) is 0 Å². The van der Waals surface area contributed by atoms with Gasteiger partial charge in [0.05, 0.1) is 12.0 Å². The molecule has 0 saturated carbocycles. The molecule has 0 heterocycles. The predicted molar refractivity (Wildman–Crippen MR) is 95.5 cm³/mol. The summed E-state index contributed by atoms with van der Waals surface area (Å²) in [5, 5.41) is 34.6. The van der Waals surface area contributed by atoms with Crippen molar-refractivity contribution in [1.29, 1.82) is 5.26 Å². The monoisotopic (exact) mass is 416 g/mol. The van der Waals surface area contributed by atoms with Crippen molar-refractivity contribution in [2.75, 3.05) is 12.4 Å². The summed E-state index contributed by atoms with van der Waals surface area (Å²) in [7, 11) is 1.19. The van der Waals surface area contributed by atoms with E-state index >= 15 is 0 Å². The molecule has 2 aromatic carbocycles. The molecule has 0 atom stereocenters. The van der Waals surface area contributed by atoms with Crippen LogP contribution in [0.4, 0.5) is 11.4 Å². The number of nitriles is 1. The Morgan fingerprint density at radius 2 is 2.12 bits per heavy atom. The molecule has 0 fully saturated rings. The van der Waals surface area contributed by atoms with Crippen molar-refractivity contribution in [3.05, 3.63) is 62.1 Å². The Morgan fingerprint density at radius 1 is 1.38 bits per heavy atom. The number of halogens is 1. The van der Waals surface area contributed by atoms with Gasteiger partial charge in [-0.1, -0.05) is 22.0 Å². The molecule has 0 spiro atoms. The second-order valence-corrected chi connectivity index (χ2v) is 5.88. The lowest BCUT2D eigenvalue weighted by Crippen LogP contribution is -2.13. The summed E-state index contributed by atoms with van der Waals surface area (Å²) in [5.41, 5.74) is -0.418. The fourth-order valence-electron chi connectivity index (χ4n) is 2.06. The summed E-state index contributed by atoms with van der Waals surface area (Å²) < 4.78 is 5.57. The highest BCUT2D eigenvalue weighted by Crippen LogP contribution is 2.35. The van der Waals surface area contributed by atoms with Gasteiger partial charge >= 0.3 is 0 Å². The van der Waals surface area contributed by atoms with E-state index < -0.39 is 22.3 Å². The minimum absolute atomic E-state index is 0.120. The molecule has 0 bridgehead atoms. The molecule has 132 valence electrons. The third-order valence-electron chi connectivity index (χ3n) is 3.23. The summed E-state index contributed by atoms with van der Waals surface area (Å²) in [6.07, 6.45) is 1.14. The zero-order chi connectivity index (χ0) is 19.3. The Bertz CT molecular complexity index is 950. The molecule has 9 heteroatoms. The second-order valence-electron chi connectivity index (χ2n) is 4.96. The molecule has 0 aliphatic carbocycles. The third-order valence-corrected chi connectivity index (χ3v) is 3.73. The van der Waals surface area contributed by atoms with E-state index in [4.69, 9.17) is 4.74 Å². The molecule has 1 N–H and O–H groups in total. The summed E-state index contributed by atoms with van der Waals surface area (Å²) in [6, 6.07) is 10.7. The lowest BCUT2D eigenvalue weighted by molar-refractivity contribution is -0.398. The topological polar surface area (TPSA) is 128 Å². The zero-order valence-corrected chi connectivity index (χ0v) is 14.9. The number of amides is 1. The number of anilines is 1. The summed E-state index contributed by atoms with van der Waals surface area (Å²) >= 11 is 3.27. The first-order chi connectivity index (χ1) is 12.3. The van der Waals surface area contributed by atoms with Crippen molar-refractivity contribution in [2.24, 2.45) is 0 Å². The molecular weight excluding hydrogens is 406 g/mol. The lowest BCUT2D eigenvalue weighted by atomic mass is 10.1. The average molecular weight is 417 g/mol. The summed E-state index contributed by atoms with van der Waals surface area (Å²) in [4.78, 5) is 22.4. The summed E-state index contributed by atoms with van der Waals surface area (Å²) in [6.45, 7) is 0. The number of carbonyl (C=O) groups excluding carboxylic acids is 1. The molecule has 26 heavy (non-hydrogen) atoms. The Hall–Kier alpha value is -3.38. The highest BCUT2D eigenvalue weighted by Gasteiger charge is 2.15. The minimum Gasteiger partial charge on any atom is -0.865 e. The molecule has 0 aromatic heterocycles. The van der Waals surface area contributed by atoms with Crippen LogP contribution >= 0.6 is 15.9 Å². The van der Waals surface area contributed by atoms with Gasteiger partial charge in [-0.3, -0.25) is 14.9 Å². The van der Waals surface area contributed by atoms with Gasteiger partial charge in [0.1, 0.15) is 17.4 Å². The van der Waals surface area contributed by atoms with Crippen LogP contribution < -0.4 is 15.2 Å². The lowest BCUT2D eigenvalue weighted by Gasteiger charge is -2.13. The number of rotatable bonds is 5. The van der Waals surface area contributed by atoms with Gasteiger partial charge in [0.15, 0.2) is 0 Å². The number of nitro groups is 1. The predicted octanol–water partition coefficient (Wildman–Crippen LogP) is 2.99.